The van der Waals surface area contributed by atoms with Crippen molar-refractivity contribution in [3.05, 3.63) is 35.4 Å². The molecule has 0 radical (unpaired) electrons. The van der Waals surface area contributed by atoms with Crippen molar-refractivity contribution in [3.8, 4) is 0 Å². The molecule has 0 aromatic heterocycles. The van der Waals surface area contributed by atoms with Gasteiger partial charge in [0.2, 0.25) is 5.91 Å². The molecule has 0 heterocycles. The van der Waals surface area contributed by atoms with Gasteiger partial charge in [0.15, 0.2) is 0 Å². The molecule has 1 aromatic carbocycles. The summed E-state index contributed by atoms with van der Waals surface area (Å²) in [6, 6.07) is 8.41. The molecule has 100 valence electrons. The Labute approximate surface area is 114 Å². The zero-order chi connectivity index (χ0) is 13.5. The van der Waals surface area contributed by atoms with E-state index in [1.54, 1.807) is 16.7 Å². The monoisotopic (exact) mass is 266 g/mol. The number of carbonyl (C=O) groups is 1. The van der Waals surface area contributed by atoms with Gasteiger partial charge in [-0.25, -0.2) is 0 Å². The van der Waals surface area contributed by atoms with Gasteiger partial charge in [-0.1, -0.05) is 29.8 Å². The highest BCUT2D eigenvalue weighted by molar-refractivity contribution is 7.99. The number of aryl methyl sites for hydroxylation is 1. The van der Waals surface area contributed by atoms with Gasteiger partial charge in [-0.2, -0.15) is 11.8 Å². The zero-order valence-electron chi connectivity index (χ0n) is 11.3. The largest absolute Gasteiger partial charge is 0.341 e. The summed E-state index contributed by atoms with van der Waals surface area (Å²) in [6.07, 6.45) is 0. The Bertz CT molecular complexity index is 376. The van der Waals surface area contributed by atoms with Crippen LogP contribution in [0.15, 0.2) is 24.3 Å². The van der Waals surface area contributed by atoms with Crippen LogP contribution in [0.25, 0.3) is 0 Å². The second-order valence-electron chi connectivity index (χ2n) is 4.73. The molecule has 0 bridgehead atoms. The van der Waals surface area contributed by atoms with Crippen LogP contribution in [0, 0.1) is 6.92 Å². The molecular weight excluding hydrogens is 244 g/mol. The van der Waals surface area contributed by atoms with E-state index in [2.05, 4.69) is 31.2 Å². The van der Waals surface area contributed by atoms with Crippen LogP contribution in [0.1, 0.15) is 18.1 Å². The molecule has 1 unspecified atom stereocenters. The Morgan fingerprint density at radius 3 is 2.56 bits per heavy atom. The van der Waals surface area contributed by atoms with Gasteiger partial charge in [0.05, 0.1) is 5.75 Å². The molecule has 1 rings (SSSR count). The summed E-state index contributed by atoms with van der Waals surface area (Å²) in [4.78, 5) is 13.6. The van der Waals surface area contributed by atoms with E-state index in [0.29, 0.717) is 12.3 Å². The van der Waals surface area contributed by atoms with Crippen LogP contribution in [-0.2, 0) is 11.3 Å². The molecule has 0 aliphatic rings. The van der Waals surface area contributed by atoms with Crippen molar-refractivity contribution in [1.29, 1.82) is 0 Å². The van der Waals surface area contributed by atoms with E-state index in [4.69, 9.17) is 5.73 Å². The predicted octanol–water partition coefficient (Wildman–Crippen LogP) is 2.03. The first kappa shape index (κ1) is 15.1. The Hall–Kier alpha value is -1.00. The van der Waals surface area contributed by atoms with Crippen LogP contribution in [0.2, 0.25) is 0 Å². The molecule has 0 fully saturated rings. The van der Waals surface area contributed by atoms with Crippen molar-refractivity contribution in [2.75, 3.05) is 18.6 Å². The molecule has 1 amide bonds. The van der Waals surface area contributed by atoms with E-state index in [0.717, 1.165) is 11.3 Å². The predicted molar refractivity (Wildman–Crippen MR) is 78.6 cm³/mol. The van der Waals surface area contributed by atoms with Crippen molar-refractivity contribution >= 4 is 17.7 Å². The van der Waals surface area contributed by atoms with E-state index >= 15 is 0 Å². The molecule has 1 atom stereocenters. The lowest BCUT2D eigenvalue weighted by Crippen LogP contribution is -2.28. The lowest BCUT2D eigenvalue weighted by atomic mass is 10.1. The van der Waals surface area contributed by atoms with E-state index in [1.807, 2.05) is 14.0 Å². The second-order valence-corrected chi connectivity index (χ2v) is 5.76. The van der Waals surface area contributed by atoms with Gasteiger partial charge in [-0.15, -0.1) is 0 Å². The molecular formula is C14H22N2OS. The molecule has 0 aliphatic carbocycles. The number of hydrogen-bond acceptors (Lipinski definition) is 3. The van der Waals surface area contributed by atoms with Crippen molar-refractivity contribution in [3.63, 3.8) is 0 Å². The highest BCUT2D eigenvalue weighted by Gasteiger charge is 2.09. The minimum absolute atomic E-state index is 0.144. The van der Waals surface area contributed by atoms with Crippen LogP contribution in [0.4, 0.5) is 0 Å². The summed E-state index contributed by atoms with van der Waals surface area (Å²) in [5.74, 6) is 1.48. The topological polar surface area (TPSA) is 46.3 Å². The summed E-state index contributed by atoms with van der Waals surface area (Å²) in [5, 5.41) is 0. The maximum atomic E-state index is 11.9. The number of hydrogen-bond donors (Lipinski definition) is 1. The molecule has 2 N–H and O–H groups in total. The zero-order valence-corrected chi connectivity index (χ0v) is 12.2. The van der Waals surface area contributed by atoms with Gasteiger partial charge in [0.1, 0.15) is 0 Å². The first-order chi connectivity index (χ1) is 8.49. The van der Waals surface area contributed by atoms with E-state index in [1.165, 1.54) is 5.56 Å². The first-order valence-corrected chi connectivity index (χ1v) is 7.27. The van der Waals surface area contributed by atoms with Crippen LogP contribution in [0.3, 0.4) is 0 Å². The minimum atomic E-state index is 0.144. The Kier molecular flexibility index (Phi) is 6.22. The lowest BCUT2D eigenvalue weighted by Gasteiger charge is -2.17. The summed E-state index contributed by atoms with van der Waals surface area (Å²) in [6.45, 7) is 4.68. The summed E-state index contributed by atoms with van der Waals surface area (Å²) in [5.41, 5.74) is 8.04. The molecule has 1 aromatic rings. The van der Waals surface area contributed by atoms with Gasteiger partial charge >= 0.3 is 0 Å². The van der Waals surface area contributed by atoms with Crippen molar-refractivity contribution in [1.82, 2.24) is 4.90 Å². The van der Waals surface area contributed by atoms with E-state index < -0.39 is 0 Å². The maximum absolute atomic E-state index is 11.9. The SMILES string of the molecule is Cc1ccc(CN(C)C(=O)CSCC(C)N)cc1. The summed E-state index contributed by atoms with van der Waals surface area (Å²) >= 11 is 1.59. The van der Waals surface area contributed by atoms with Gasteiger partial charge < -0.3 is 10.6 Å². The van der Waals surface area contributed by atoms with E-state index in [9.17, 15) is 4.79 Å². The normalized spacial score (nSPS) is 12.2. The number of benzene rings is 1. The van der Waals surface area contributed by atoms with Crippen LogP contribution >= 0.6 is 11.8 Å². The highest BCUT2D eigenvalue weighted by atomic mass is 32.2. The number of thioether (sulfide) groups is 1. The number of carbonyl (C=O) groups excluding carboxylic acids is 1. The maximum Gasteiger partial charge on any atom is 0.232 e. The van der Waals surface area contributed by atoms with Gasteiger partial charge in [-0.3, -0.25) is 4.79 Å². The first-order valence-electron chi connectivity index (χ1n) is 6.12. The third-order valence-corrected chi connectivity index (χ3v) is 3.78. The van der Waals surface area contributed by atoms with Gasteiger partial charge in [-0.05, 0) is 19.4 Å². The fourth-order valence-corrected chi connectivity index (χ4v) is 2.38. The molecule has 0 aliphatic heterocycles. The number of amides is 1. The second kappa shape index (κ2) is 7.44. The van der Waals surface area contributed by atoms with Crippen molar-refractivity contribution < 1.29 is 4.79 Å². The molecule has 0 saturated heterocycles. The van der Waals surface area contributed by atoms with Gasteiger partial charge in [0, 0.05) is 25.4 Å². The third-order valence-electron chi connectivity index (χ3n) is 2.57. The number of nitrogens with two attached hydrogens (primary N) is 1. The van der Waals surface area contributed by atoms with Crippen LogP contribution in [-0.4, -0.2) is 35.4 Å². The Morgan fingerprint density at radius 1 is 1.39 bits per heavy atom. The Morgan fingerprint density at radius 2 is 2.00 bits per heavy atom. The standard InChI is InChI=1S/C14H22N2OS/c1-11-4-6-13(7-5-11)8-16(3)14(17)10-18-9-12(2)15/h4-7,12H,8-10,15H2,1-3H3. The van der Waals surface area contributed by atoms with Crippen molar-refractivity contribution in [2.24, 2.45) is 5.73 Å². The minimum Gasteiger partial charge on any atom is -0.341 e. The van der Waals surface area contributed by atoms with Crippen LogP contribution < -0.4 is 5.73 Å². The summed E-state index contributed by atoms with van der Waals surface area (Å²) < 4.78 is 0. The number of rotatable bonds is 6. The lowest BCUT2D eigenvalue weighted by molar-refractivity contribution is -0.127. The molecule has 3 nitrogen and oxygen atoms in total. The molecule has 4 heteroatoms. The smallest absolute Gasteiger partial charge is 0.232 e. The third kappa shape index (κ3) is 5.56. The average molecular weight is 266 g/mol. The van der Waals surface area contributed by atoms with Gasteiger partial charge in [0.25, 0.3) is 0 Å². The molecule has 0 saturated carbocycles. The Balaban J connectivity index is 2.37. The van der Waals surface area contributed by atoms with Crippen LogP contribution in [0.5, 0.6) is 0 Å². The fraction of sp³-hybridized carbons (Fsp3) is 0.500. The summed E-state index contributed by atoms with van der Waals surface area (Å²) in [7, 11) is 1.84. The highest BCUT2D eigenvalue weighted by Crippen LogP contribution is 2.08. The fourth-order valence-electron chi connectivity index (χ4n) is 1.50. The quantitative estimate of drug-likeness (QED) is 0.857. The molecule has 18 heavy (non-hydrogen) atoms. The average Bonchev–Trinajstić information content (AvgIpc) is 2.31. The van der Waals surface area contributed by atoms with Crippen molar-refractivity contribution in [2.45, 2.75) is 26.4 Å². The van der Waals surface area contributed by atoms with E-state index in [-0.39, 0.29) is 11.9 Å². The number of nitrogens with zero attached hydrogens (tertiary/aromatic N) is 1. The molecule has 0 spiro atoms.